The van der Waals surface area contributed by atoms with Gasteiger partial charge in [-0.3, -0.25) is 15.0 Å². The molecule has 2 rings (SSSR count). The third-order valence-electron chi connectivity index (χ3n) is 2.49. The maximum absolute atomic E-state index is 11.8. The van der Waals surface area contributed by atoms with E-state index in [0.717, 1.165) is 19.4 Å². The molecule has 1 unspecified atom stereocenters. The summed E-state index contributed by atoms with van der Waals surface area (Å²) in [5.74, 6) is -0.0221. The number of likely N-dealkylation sites (tertiary alicyclic amines) is 1. The van der Waals surface area contributed by atoms with Gasteiger partial charge in [0, 0.05) is 0 Å². The van der Waals surface area contributed by atoms with E-state index in [1.54, 1.807) is 0 Å². The summed E-state index contributed by atoms with van der Waals surface area (Å²) in [5, 5.41) is 10.9. The molecule has 3 N–H and O–H groups in total. The molecule has 0 saturated carbocycles. The summed E-state index contributed by atoms with van der Waals surface area (Å²) < 4.78 is 0. The molecule has 1 aromatic rings. The molecule has 6 nitrogen and oxygen atoms in total. The van der Waals surface area contributed by atoms with Gasteiger partial charge in [0.15, 0.2) is 0 Å². The molecule has 1 aliphatic heterocycles. The first-order valence-corrected chi connectivity index (χ1v) is 5.58. The van der Waals surface area contributed by atoms with Crippen LogP contribution in [0.4, 0.5) is 10.3 Å². The van der Waals surface area contributed by atoms with Gasteiger partial charge in [-0.1, -0.05) is 11.3 Å². The summed E-state index contributed by atoms with van der Waals surface area (Å²) in [6.45, 7) is 0.969. The number of hydrogen-bond acceptors (Lipinski definition) is 6. The number of hydrogen-bond donors (Lipinski definition) is 2. The average molecular weight is 227 g/mol. The van der Waals surface area contributed by atoms with Gasteiger partial charge >= 0.3 is 0 Å². The summed E-state index contributed by atoms with van der Waals surface area (Å²) in [6, 6.07) is -0.0462. The standard InChI is InChI=1S/C8H13N5OS/c1-13-4-2-3-5(13)6(14)10-8-12-11-7(9)15-8/h5H,2-4H2,1H3,(H2,9,11)(H,10,12,14). The number of nitrogens with zero attached hydrogens (tertiary/aromatic N) is 3. The molecule has 0 aliphatic carbocycles. The van der Waals surface area contributed by atoms with Crippen LogP contribution in [0, 0.1) is 0 Å². The quantitative estimate of drug-likeness (QED) is 0.751. The second kappa shape index (κ2) is 4.11. The normalized spacial score (nSPS) is 21.8. The van der Waals surface area contributed by atoms with Crippen LogP contribution in [0.1, 0.15) is 12.8 Å². The molecular weight excluding hydrogens is 214 g/mol. The first kappa shape index (κ1) is 10.3. The molecular formula is C8H13N5OS. The van der Waals surface area contributed by atoms with Crippen molar-refractivity contribution >= 4 is 27.5 Å². The van der Waals surface area contributed by atoms with E-state index in [1.165, 1.54) is 11.3 Å². The molecule has 1 saturated heterocycles. The molecule has 0 bridgehead atoms. The molecule has 7 heteroatoms. The molecule has 0 aromatic carbocycles. The SMILES string of the molecule is CN1CCCC1C(=O)Nc1nnc(N)s1. The molecule has 0 radical (unpaired) electrons. The van der Waals surface area contributed by atoms with Crippen LogP contribution in [0.5, 0.6) is 0 Å². The van der Waals surface area contributed by atoms with Crippen molar-refractivity contribution in [2.24, 2.45) is 0 Å². The third kappa shape index (κ3) is 2.24. The Hall–Kier alpha value is -1.21. The van der Waals surface area contributed by atoms with Gasteiger partial charge in [-0.25, -0.2) is 0 Å². The van der Waals surface area contributed by atoms with E-state index in [4.69, 9.17) is 5.73 Å². The lowest BCUT2D eigenvalue weighted by Crippen LogP contribution is -2.37. The summed E-state index contributed by atoms with van der Waals surface area (Å²) in [4.78, 5) is 13.8. The number of nitrogens with one attached hydrogen (secondary N) is 1. The Kier molecular flexibility index (Phi) is 2.83. The van der Waals surface area contributed by atoms with Gasteiger partial charge in [-0.2, -0.15) is 0 Å². The summed E-state index contributed by atoms with van der Waals surface area (Å²) >= 11 is 1.18. The van der Waals surface area contributed by atoms with E-state index in [2.05, 4.69) is 15.5 Å². The molecule has 2 heterocycles. The molecule has 1 amide bonds. The van der Waals surface area contributed by atoms with Crippen LogP contribution in [0.15, 0.2) is 0 Å². The van der Waals surface area contributed by atoms with Crippen molar-refractivity contribution in [3.63, 3.8) is 0 Å². The highest BCUT2D eigenvalue weighted by Crippen LogP contribution is 2.20. The van der Waals surface area contributed by atoms with Crippen LogP contribution in [0.3, 0.4) is 0 Å². The molecule has 1 aromatic heterocycles. The maximum Gasteiger partial charge on any atom is 0.243 e. The van der Waals surface area contributed by atoms with E-state index in [0.29, 0.717) is 10.3 Å². The van der Waals surface area contributed by atoms with Gasteiger partial charge in [0.1, 0.15) is 0 Å². The maximum atomic E-state index is 11.8. The number of likely N-dealkylation sites (N-methyl/N-ethyl adjacent to an activating group) is 1. The number of nitrogen functional groups attached to an aromatic ring is 1. The smallest absolute Gasteiger partial charge is 0.243 e. The topological polar surface area (TPSA) is 84.1 Å². The zero-order valence-electron chi connectivity index (χ0n) is 8.43. The van der Waals surface area contributed by atoms with Gasteiger partial charge in [0.2, 0.25) is 16.2 Å². The van der Waals surface area contributed by atoms with Gasteiger partial charge < -0.3 is 5.73 Å². The minimum absolute atomic E-state index is 0.0221. The molecule has 1 atom stereocenters. The Morgan fingerprint density at radius 1 is 1.67 bits per heavy atom. The number of rotatable bonds is 2. The Balaban J connectivity index is 1.97. The number of anilines is 2. The molecule has 82 valence electrons. The summed E-state index contributed by atoms with van der Waals surface area (Å²) in [7, 11) is 1.95. The van der Waals surface area contributed by atoms with Crippen LogP contribution < -0.4 is 11.1 Å². The van der Waals surface area contributed by atoms with Gasteiger partial charge in [0.05, 0.1) is 6.04 Å². The highest BCUT2D eigenvalue weighted by Gasteiger charge is 2.28. The van der Waals surface area contributed by atoms with Crippen LogP contribution in [0.25, 0.3) is 0 Å². The fourth-order valence-electron chi connectivity index (χ4n) is 1.72. The van der Waals surface area contributed by atoms with Crippen LogP contribution in [-0.4, -0.2) is 40.6 Å². The number of nitrogens with two attached hydrogens (primary N) is 1. The first-order valence-electron chi connectivity index (χ1n) is 4.77. The van der Waals surface area contributed by atoms with Crippen LogP contribution in [-0.2, 0) is 4.79 Å². The second-order valence-corrected chi connectivity index (χ2v) is 4.58. The highest BCUT2D eigenvalue weighted by molar-refractivity contribution is 7.18. The minimum Gasteiger partial charge on any atom is -0.374 e. The van der Waals surface area contributed by atoms with Crippen molar-refractivity contribution in [2.45, 2.75) is 18.9 Å². The van der Waals surface area contributed by atoms with Gasteiger partial charge in [0.25, 0.3) is 0 Å². The number of aromatic nitrogens is 2. The van der Waals surface area contributed by atoms with E-state index in [9.17, 15) is 4.79 Å². The van der Waals surface area contributed by atoms with E-state index >= 15 is 0 Å². The Morgan fingerprint density at radius 2 is 2.47 bits per heavy atom. The lowest BCUT2D eigenvalue weighted by molar-refractivity contribution is -0.119. The zero-order chi connectivity index (χ0) is 10.8. The largest absolute Gasteiger partial charge is 0.374 e. The summed E-state index contributed by atoms with van der Waals surface area (Å²) in [5.41, 5.74) is 5.42. The van der Waals surface area contributed by atoms with Crippen LogP contribution in [0.2, 0.25) is 0 Å². The van der Waals surface area contributed by atoms with E-state index < -0.39 is 0 Å². The van der Waals surface area contributed by atoms with Crippen molar-refractivity contribution < 1.29 is 4.79 Å². The Bertz CT molecular complexity index is 366. The van der Waals surface area contributed by atoms with Crippen LogP contribution >= 0.6 is 11.3 Å². The van der Waals surface area contributed by atoms with E-state index in [-0.39, 0.29) is 11.9 Å². The fourth-order valence-corrected chi connectivity index (χ4v) is 2.23. The zero-order valence-corrected chi connectivity index (χ0v) is 9.25. The lowest BCUT2D eigenvalue weighted by atomic mass is 10.2. The molecule has 15 heavy (non-hydrogen) atoms. The molecule has 0 spiro atoms. The average Bonchev–Trinajstić information content (AvgIpc) is 2.75. The Labute approximate surface area is 91.5 Å². The van der Waals surface area contributed by atoms with Crippen molar-refractivity contribution in [1.29, 1.82) is 0 Å². The van der Waals surface area contributed by atoms with Gasteiger partial charge in [-0.05, 0) is 26.4 Å². The first-order chi connectivity index (χ1) is 7.16. The van der Waals surface area contributed by atoms with Crippen molar-refractivity contribution in [2.75, 3.05) is 24.6 Å². The van der Waals surface area contributed by atoms with Crippen molar-refractivity contribution in [3.05, 3.63) is 0 Å². The minimum atomic E-state index is -0.0462. The number of carbonyl (C=O) groups is 1. The third-order valence-corrected chi connectivity index (χ3v) is 3.16. The lowest BCUT2D eigenvalue weighted by Gasteiger charge is -2.17. The number of carbonyl (C=O) groups excluding carboxylic acids is 1. The van der Waals surface area contributed by atoms with E-state index in [1.807, 2.05) is 11.9 Å². The fraction of sp³-hybridized carbons (Fsp3) is 0.625. The molecule has 1 aliphatic rings. The molecule has 1 fully saturated rings. The van der Waals surface area contributed by atoms with Gasteiger partial charge in [-0.15, -0.1) is 10.2 Å². The monoisotopic (exact) mass is 227 g/mol. The Morgan fingerprint density at radius 3 is 3.00 bits per heavy atom. The second-order valence-electron chi connectivity index (χ2n) is 3.57. The summed E-state index contributed by atoms with van der Waals surface area (Å²) in [6.07, 6.45) is 1.96. The number of amides is 1. The van der Waals surface area contributed by atoms with Crippen molar-refractivity contribution in [1.82, 2.24) is 15.1 Å². The predicted molar refractivity (Wildman–Crippen MR) is 58.6 cm³/mol. The predicted octanol–water partition coefficient (Wildman–Crippen LogP) is 0.153. The van der Waals surface area contributed by atoms with Crippen molar-refractivity contribution in [3.8, 4) is 0 Å². The highest BCUT2D eigenvalue weighted by atomic mass is 32.1.